The normalized spacial score (nSPS) is 32.1. The molecule has 1 aromatic carbocycles. The minimum atomic E-state index is -0.768. The Labute approximate surface area is 151 Å². The fourth-order valence-corrected chi connectivity index (χ4v) is 3.51. The summed E-state index contributed by atoms with van der Waals surface area (Å²) >= 11 is 0. The molecule has 2 saturated heterocycles. The van der Waals surface area contributed by atoms with Gasteiger partial charge in [-0.05, 0) is 31.6 Å². The maximum absolute atomic E-state index is 12.6. The van der Waals surface area contributed by atoms with Crippen molar-refractivity contribution < 1.29 is 28.5 Å². The number of nitrogens with zero attached hydrogens (tertiary/aromatic N) is 1. The minimum absolute atomic E-state index is 0.133. The third kappa shape index (κ3) is 3.13. The van der Waals surface area contributed by atoms with E-state index in [-0.39, 0.29) is 12.4 Å². The number of ketones is 1. The zero-order chi connectivity index (χ0) is 18.3. The summed E-state index contributed by atoms with van der Waals surface area (Å²) in [5.41, 5.74) is 0.874. The Morgan fingerprint density at radius 2 is 2.08 bits per heavy atom. The van der Waals surface area contributed by atoms with Crippen molar-refractivity contribution in [3.05, 3.63) is 48.0 Å². The second-order valence-corrected chi connectivity index (χ2v) is 7.01. The van der Waals surface area contributed by atoms with Crippen molar-refractivity contribution in [3.63, 3.8) is 0 Å². The smallest absolute Gasteiger partial charge is 0.413 e. The van der Waals surface area contributed by atoms with Crippen LogP contribution in [0.5, 0.6) is 0 Å². The summed E-state index contributed by atoms with van der Waals surface area (Å²) in [4.78, 5) is 26.4. The van der Waals surface area contributed by atoms with E-state index < -0.39 is 36.4 Å². The van der Waals surface area contributed by atoms with Crippen LogP contribution in [0, 0.1) is 0 Å². The molecular weight excluding hydrogens is 338 g/mol. The summed E-state index contributed by atoms with van der Waals surface area (Å²) in [5, 5.41) is 0. The summed E-state index contributed by atoms with van der Waals surface area (Å²) in [7, 11) is 0. The van der Waals surface area contributed by atoms with E-state index in [1.165, 1.54) is 11.0 Å². The molecule has 2 bridgehead atoms. The van der Waals surface area contributed by atoms with Crippen LogP contribution >= 0.6 is 0 Å². The van der Waals surface area contributed by atoms with Gasteiger partial charge in [-0.15, -0.1) is 0 Å². The van der Waals surface area contributed by atoms with E-state index in [9.17, 15) is 9.59 Å². The fraction of sp³-hybridized carbons (Fsp3) is 0.474. The van der Waals surface area contributed by atoms with E-state index in [1.807, 2.05) is 30.3 Å². The third-order valence-electron chi connectivity index (χ3n) is 4.71. The van der Waals surface area contributed by atoms with Crippen molar-refractivity contribution in [2.75, 3.05) is 6.61 Å². The highest BCUT2D eigenvalue weighted by atomic mass is 16.8. The lowest BCUT2D eigenvalue weighted by Crippen LogP contribution is -2.51. The quantitative estimate of drug-likeness (QED) is 0.822. The predicted octanol–water partition coefficient (Wildman–Crippen LogP) is 2.01. The molecule has 138 valence electrons. The lowest BCUT2D eigenvalue weighted by atomic mass is 9.99. The van der Waals surface area contributed by atoms with Gasteiger partial charge in [-0.2, -0.15) is 0 Å². The molecule has 7 heteroatoms. The average Bonchev–Trinajstić information content (AvgIpc) is 3.13. The standard InChI is InChI=1S/C19H21NO6/c1-19(2)24-11-14(26-19)17-16-13(21)8-9-15(25-17)20(16)18(22)23-10-12-6-4-3-5-7-12/h3-9,14-17H,10-11H2,1-2H3/t14-,15-,16+,17+/m1/s1. The largest absolute Gasteiger partial charge is 0.444 e. The summed E-state index contributed by atoms with van der Waals surface area (Å²) in [6, 6.07) is 8.61. The second-order valence-electron chi connectivity index (χ2n) is 7.01. The highest BCUT2D eigenvalue weighted by Crippen LogP contribution is 2.36. The first-order chi connectivity index (χ1) is 12.4. The van der Waals surface area contributed by atoms with Crippen LogP contribution in [0.1, 0.15) is 19.4 Å². The van der Waals surface area contributed by atoms with Crippen molar-refractivity contribution in [3.8, 4) is 0 Å². The molecule has 7 nitrogen and oxygen atoms in total. The van der Waals surface area contributed by atoms with Crippen LogP contribution in [-0.2, 0) is 30.3 Å². The number of amides is 1. The van der Waals surface area contributed by atoms with Crippen molar-refractivity contribution >= 4 is 11.9 Å². The number of rotatable bonds is 3. The molecule has 0 aromatic heterocycles. The van der Waals surface area contributed by atoms with Crippen LogP contribution in [0.15, 0.2) is 42.5 Å². The highest BCUT2D eigenvalue weighted by Gasteiger charge is 2.55. The van der Waals surface area contributed by atoms with Gasteiger partial charge in [-0.25, -0.2) is 4.79 Å². The number of benzene rings is 1. The number of ether oxygens (including phenoxy) is 4. The molecule has 26 heavy (non-hydrogen) atoms. The monoisotopic (exact) mass is 359 g/mol. The SMILES string of the molecule is CC1(C)OC[C@H]([C@@H]2O[C@@H]3C=CC(=O)[C@@H]2N3C(=O)OCc2ccccc2)O1. The summed E-state index contributed by atoms with van der Waals surface area (Å²) in [5.74, 6) is -0.937. The van der Waals surface area contributed by atoms with Gasteiger partial charge in [0.05, 0.1) is 6.61 Å². The molecule has 0 N–H and O–H groups in total. The first-order valence-electron chi connectivity index (χ1n) is 8.63. The van der Waals surface area contributed by atoms with E-state index in [1.54, 1.807) is 19.9 Å². The number of carbonyl (C=O) groups is 2. The molecule has 0 unspecified atom stereocenters. The van der Waals surface area contributed by atoms with Crippen LogP contribution in [-0.4, -0.2) is 53.6 Å². The van der Waals surface area contributed by atoms with Crippen LogP contribution in [0.4, 0.5) is 4.79 Å². The summed E-state index contributed by atoms with van der Waals surface area (Å²) in [6.07, 6.45) is 0.795. The van der Waals surface area contributed by atoms with Crippen molar-refractivity contribution in [2.45, 2.75) is 50.7 Å². The molecule has 0 aliphatic carbocycles. The van der Waals surface area contributed by atoms with E-state index in [4.69, 9.17) is 18.9 Å². The highest BCUT2D eigenvalue weighted by molar-refractivity contribution is 5.98. The molecule has 0 saturated carbocycles. The molecule has 1 amide bonds. The van der Waals surface area contributed by atoms with Gasteiger partial charge < -0.3 is 18.9 Å². The zero-order valence-corrected chi connectivity index (χ0v) is 14.7. The maximum Gasteiger partial charge on any atom is 0.413 e. The van der Waals surface area contributed by atoms with Gasteiger partial charge >= 0.3 is 6.09 Å². The Balaban J connectivity index is 1.48. The number of hydrogen-bond acceptors (Lipinski definition) is 6. The van der Waals surface area contributed by atoms with Crippen molar-refractivity contribution in [2.24, 2.45) is 0 Å². The summed E-state index contributed by atoms with van der Waals surface area (Å²) in [6.45, 7) is 4.05. The molecule has 1 aromatic rings. The number of carbonyl (C=O) groups excluding carboxylic acids is 2. The first-order valence-corrected chi connectivity index (χ1v) is 8.63. The Bertz CT molecular complexity index is 731. The van der Waals surface area contributed by atoms with E-state index in [2.05, 4.69) is 0 Å². The van der Waals surface area contributed by atoms with Gasteiger partial charge in [-0.1, -0.05) is 30.3 Å². The van der Waals surface area contributed by atoms with E-state index in [0.29, 0.717) is 6.61 Å². The van der Waals surface area contributed by atoms with Crippen LogP contribution < -0.4 is 0 Å². The first kappa shape index (κ1) is 17.2. The van der Waals surface area contributed by atoms with Gasteiger partial charge in [0.25, 0.3) is 0 Å². The predicted molar refractivity (Wildman–Crippen MR) is 90.0 cm³/mol. The lowest BCUT2D eigenvalue weighted by Gasteiger charge is -2.29. The molecule has 3 aliphatic heterocycles. The molecule has 4 rings (SSSR count). The van der Waals surface area contributed by atoms with Crippen molar-refractivity contribution in [1.82, 2.24) is 4.90 Å². The van der Waals surface area contributed by atoms with E-state index >= 15 is 0 Å². The molecule has 2 fully saturated rings. The van der Waals surface area contributed by atoms with Gasteiger partial charge in [0.15, 0.2) is 17.8 Å². The molecule has 0 radical (unpaired) electrons. The second kappa shape index (κ2) is 6.50. The fourth-order valence-electron chi connectivity index (χ4n) is 3.51. The number of hydrogen-bond donors (Lipinski definition) is 0. The van der Waals surface area contributed by atoms with Gasteiger partial charge in [-0.3, -0.25) is 9.69 Å². The van der Waals surface area contributed by atoms with Gasteiger partial charge in [0.2, 0.25) is 0 Å². The topological polar surface area (TPSA) is 74.3 Å². The Morgan fingerprint density at radius 1 is 1.31 bits per heavy atom. The molecule has 4 atom stereocenters. The zero-order valence-electron chi connectivity index (χ0n) is 14.7. The Hall–Kier alpha value is -2.22. The average molecular weight is 359 g/mol. The molecule has 3 aliphatic rings. The lowest BCUT2D eigenvalue weighted by molar-refractivity contribution is -0.155. The van der Waals surface area contributed by atoms with E-state index in [0.717, 1.165) is 5.56 Å². The summed E-state index contributed by atoms with van der Waals surface area (Å²) < 4.78 is 22.8. The van der Waals surface area contributed by atoms with Crippen molar-refractivity contribution in [1.29, 1.82) is 0 Å². The van der Waals surface area contributed by atoms with Crippen LogP contribution in [0.25, 0.3) is 0 Å². The van der Waals surface area contributed by atoms with Crippen LogP contribution in [0.2, 0.25) is 0 Å². The van der Waals surface area contributed by atoms with Gasteiger partial charge in [0.1, 0.15) is 24.9 Å². The van der Waals surface area contributed by atoms with Crippen LogP contribution in [0.3, 0.4) is 0 Å². The number of fused-ring (bicyclic) bond motifs is 2. The molecule has 3 heterocycles. The molecular formula is C19H21NO6. The minimum Gasteiger partial charge on any atom is -0.444 e. The van der Waals surface area contributed by atoms with Gasteiger partial charge in [0, 0.05) is 0 Å². The Morgan fingerprint density at radius 3 is 2.77 bits per heavy atom. The Kier molecular flexibility index (Phi) is 4.30. The molecule has 0 spiro atoms. The third-order valence-corrected chi connectivity index (χ3v) is 4.71. The maximum atomic E-state index is 12.6.